The number of carbonyl (C=O) groups is 1. The van der Waals surface area contributed by atoms with E-state index >= 15 is 0 Å². The molecule has 30 heavy (non-hydrogen) atoms. The maximum atomic E-state index is 12.3. The summed E-state index contributed by atoms with van der Waals surface area (Å²) in [6.45, 7) is 0. The summed E-state index contributed by atoms with van der Waals surface area (Å²) in [5, 5.41) is 8.46. The average Bonchev–Trinajstić information content (AvgIpc) is 2.70. The molecule has 0 saturated heterocycles. The molecule has 156 valence electrons. The van der Waals surface area contributed by atoms with Crippen molar-refractivity contribution in [2.75, 3.05) is 12.4 Å². The van der Waals surface area contributed by atoms with Gasteiger partial charge in [0.2, 0.25) is 15.9 Å². The van der Waals surface area contributed by atoms with E-state index in [1.54, 1.807) is 48.5 Å². The Morgan fingerprint density at radius 1 is 1.03 bits per heavy atom. The number of primary sulfonamides is 1. The van der Waals surface area contributed by atoms with Crippen LogP contribution >= 0.6 is 11.6 Å². The van der Waals surface area contributed by atoms with E-state index in [0.717, 1.165) is 0 Å². The third-order valence-electron chi connectivity index (χ3n) is 4.13. The average molecular weight is 447 g/mol. The van der Waals surface area contributed by atoms with Gasteiger partial charge in [0, 0.05) is 10.7 Å². The van der Waals surface area contributed by atoms with E-state index in [0.29, 0.717) is 22.1 Å². The minimum atomic E-state index is -4.11. The number of amides is 1. The van der Waals surface area contributed by atoms with Crippen LogP contribution in [0.3, 0.4) is 0 Å². The molecule has 7 nitrogen and oxygen atoms in total. The fourth-order valence-electron chi connectivity index (χ4n) is 2.68. The van der Waals surface area contributed by atoms with Crippen molar-refractivity contribution < 1.29 is 22.7 Å². The number of nitrogens with one attached hydrogen (secondary N) is 1. The first-order valence-electron chi connectivity index (χ1n) is 8.78. The molecule has 0 unspecified atom stereocenters. The van der Waals surface area contributed by atoms with Crippen molar-refractivity contribution in [1.29, 1.82) is 0 Å². The van der Waals surface area contributed by atoms with Crippen molar-refractivity contribution in [3.8, 4) is 17.2 Å². The van der Waals surface area contributed by atoms with E-state index in [1.165, 1.54) is 25.3 Å². The van der Waals surface area contributed by atoms with Crippen LogP contribution in [0.15, 0.2) is 71.6 Å². The predicted molar refractivity (Wildman–Crippen MR) is 115 cm³/mol. The van der Waals surface area contributed by atoms with Gasteiger partial charge in [-0.15, -0.1) is 0 Å². The molecule has 3 N–H and O–H groups in total. The first-order valence-corrected chi connectivity index (χ1v) is 10.7. The molecular formula is C21H19ClN2O5S. The van der Waals surface area contributed by atoms with Crippen molar-refractivity contribution in [1.82, 2.24) is 0 Å². The second-order valence-electron chi connectivity index (χ2n) is 6.30. The number of sulfonamides is 1. The summed E-state index contributed by atoms with van der Waals surface area (Å²) in [6, 6.07) is 17.8. The van der Waals surface area contributed by atoms with Crippen LogP contribution in [0.4, 0.5) is 5.69 Å². The summed E-state index contributed by atoms with van der Waals surface area (Å²) in [5.41, 5.74) is 0.918. The summed E-state index contributed by atoms with van der Waals surface area (Å²) in [6.07, 6.45) is 0.0362. The molecule has 3 aromatic carbocycles. The number of anilines is 1. The van der Waals surface area contributed by atoms with Crippen molar-refractivity contribution in [3.05, 3.63) is 77.3 Å². The molecule has 0 saturated carbocycles. The zero-order valence-electron chi connectivity index (χ0n) is 16.0. The number of nitrogens with two attached hydrogens (primary N) is 1. The van der Waals surface area contributed by atoms with Gasteiger partial charge in [0.1, 0.15) is 22.1 Å². The molecule has 3 rings (SSSR count). The summed E-state index contributed by atoms with van der Waals surface area (Å²) in [7, 11) is -2.58. The lowest BCUT2D eigenvalue weighted by atomic mass is 10.1. The van der Waals surface area contributed by atoms with Crippen LogP contribution in [-0.2, 0) is 21.2 Å². The van der Waals surface area contributed by atoms with Gasteiger partial charge < -0.3 is 14.8 Å². The Labute approximate surface area is 179 Å². The smallest absolute Gasteiger partial charge is 0.241 e. The van der Waals surface area contributed by atoms with Gasteiger partial charge in [0.25, 0.3) is 0 Å². The highest BCUT2D eigenvalue weighted by molar-refractivity contribution is 7.89. The van der Waals surface area contributed by atoms with Crippen LogP contribution in [0.5, 0.6) is 17.2 Å². The molecule has 0 aromatic heterocycles. The molecule has 0 aliphatic carbocycles. The highest BCUT2D eigenvalue weighted by Crippen LogP contribution is 2.31. The van der Waals surface area contributed by atoms with E-state index in [9.17, 15) is 13.2 Å². The topological polar surface area (TPSA) is 108 Å². The van der Waals surface area contributed by atoms with Crippen molar-refractivity contribution in [2.24, 2.45) is 5.14 Å². The van der Waals surface area contributed by atoms with E-state index in [1.807, 2.05) is 0 Å². The predicted octanol–water partition coefficient (Wildman–Crippen LogP) is 3.97. The molecule has 0 fully saturated rings. The molecule has 0 aliphatic heterocycles. The number of rotatable bonds is 7. The van der Waals surface area contributed by atoms with Gasteiger partial charge in [-0.25, -0.2) is 13.6 Å². The van der Waals surface area contributed by atoms with Crippen LogP contribution < -0.4 is 19.9 Å². The Morgan fingerprint density at radius 2 is 1.70 bits per heavy atom. The molecule has 9 heteroatoms. The summed E-state index contributed by atoms with van der Waals surface area (Å²) < 4.78 is 34.9. The van der Waals surface area contributed by atoms with Crippen LogP contribution in [0, 0.1) is 0 Å². The third kappa shape index (κ3) is 5.50. The third-order valence-corrected chi connectivity index (χ3v) is 5.43. The van der Waals surface area contributed by atoms with Gasteiger partial charge in [0.15, 0.2) is 0 Å². The Balaban J connectivity index is 1.81. The minimum Gasteiger partial charge on any atom is -0.497 e. The van der Waals surface area contributed by atoms with Crippen LogP contribution in [0.2, 0.25) is 5.02 Å². The summed E-state index contributed by atoms with van der Waals surface area (Å²) >= 11 is 6.07. The van der Waals surface area contributed by atoms with Crippen LogP contribution in [-0.4, -0.2) is 21.4 Å². The van der Waals surface area contributed by atoms with Gasteiger partial charge in [0.05, 0.1) is 13.5 Å². The minimum absolute atomic E-state index is 0.0340. The summed E-state index contributed by atoms with van der Waals surface area (Å²) in [5.74, 6) is 0.709. The Hall–Kier alpha value is -3.07. The number of benzene rings is 3. The zero-order chi connectivity index (χ0) is 21.7. The van der Waals surface area contributed by atoms with Crippen molar-refractivity contribution >= 4 is 33.2 Å². The largest absolute Gasteiger partial charge is 0.497 e. The number of hydrogen-bond donors (Lipinski definition) is 2. The van der Waals surface area contributed by atoms with E-state index in [-0.39, 0.29) is 28.7 Å². The number of hydrogen-bond acceptors (Lipinski definition) is 5. The maximum absolute atomic E-state index is 12.3. The van der Waals surface area contributed by atoms with Gasteiger partial charge in [-0.1, -0.05) is 29.8 Å². The second-order valence-corrected chi connectivity index (χ2v) is 8.24. The van der Waals surface area contributed by atoms with Crippen LogP contribution in [0.1, 0.15) is 5.56 Å². The zero-order valence-corrected chi connectivity index (χ0v) is 17.5. The van der Waals surface area contributed by atoms with Gasteiger partial charge in [-0.3, -0.25) is 4.79 Å². The highest BCUT2D eigenvalue weighted by atomic mass is 35.5. The highest BCUT2D eigenvalue weighted by Gasteiger charge is 2.18. The number of halogens is 1. The van der Waals surface area contributed by atoms with Gasteiger partial charge >= 0.3 is 0 Å². The second kappa shape index (κ2) is 9.17. The lowest BCUT2D eigenvalue weighted by Gasteiger charge is -2.13. The van der Waals surface area contributed by atoms with E-state index in [2.05, 4.69) is 5.32 Å². The normalized spacial score (nSPS) is 11.0. The van der Waals surface area contributed by atoms with E-state index < -0.39 is 10.0 Å². The molecular weight excluding hydrogens is 428 g/mol. The standard InChI is InChI=1S/C21H19ClN2O5S/c1-28-16-7-9-17(10-8-16)29-19-11-6-15(13-20(19)30(23,26)27)24-21(25)12-14-4-2-3-5-18(14)22/h2-11,13H,12H2,1H3,(H,24,25)(H2,23,26,27). The monoisotopic (exact) mass is 446 g/mol. The molecule has 1 amide bonds. The van der Waals surface area contributed by atoms with Gasteiger partial charge in [-0.05, 0) is 54.1 Å². The molecule has 0 heterocycles. The first kappa shape index (κ1) is 21.6. The number of carbonyl (C=O) groups excluding carboxylic acids is 1. The molecule has 0 aliphatic rings. The molecule has 0 bridgehead atoms. The SMILES string of the molecule is COc1ccc(Oc2ccc(NC(=O)Cc3ccccc3Cl)cc2S(N)(=O)=O)cc1. The molecule has 3 aromatic rings. The first-order chi connectivity index (χ1) is 14.3. The lowest BCUT2D eigenvalue weighted by molar-refractivity contribution is -0.115. The number of methoxy groups -OCH3 is 1. The van der Waals surface area contributed by atoms with Gasteiger partial charge in [-0.2, -0.15) is 0 Å². The fraction of sp³-hybridized carbons (Fsp3) is 0.0952. The van der Waals surface area contributed by atoms with Crippen molar-refractivity contribution in [3.63, 3.8) is 0 Å². The summed E-state index contributed by atoms with van der Waals surface area (Å²) in [4.78, 5) is 12.1. The van der Waals surface area contributed by atoms with E-state index in [4.69, 9.17) is 26.2 Å². The molecule has 0 radical (unpaired) electrons. The quantitative estimate of drug-likeness (QED) is 0.571. The molecule has 0 atom stereocenters. The Kier molecular flexibility index (Phi) is 6.61. The molecule has 0 spiro atoms. The van der Waals surface area contributed by atoms with Crippen molar-refractivity contribution in [2.45, 2.75) is 11.3 Å². The Morgan fingerprint density at radius 3 is 2.33 bits per heavy atom. The lowest BCUT2D eigenvalue weighted by Crippen LogP contribution is -2.17. The maximum Gasteiger partial charge on any atom is 0.241 e. The van der Waals surface area contributed by atoms with Crippen LogP contribution in [0.25, 0.3) is 0 Å². The Bertz CT molecular complexity index is 1160. The number of ether oxygens (including phenoxy) is 2. The fourth-order valence-corrected chi connectivity index (χ4v) is 3.57.